The highest BCUT2D eigenvalue weighted by Crippen LogP contribution is 2.29. The van der Waals surface area contributed by atoms with Gasteiger partial charge in [0.15, 0.2) is 5.96 Å². The van der Waals surface area contributed by atoms with Gasteiger partial charge in [-0.05, 0) is 45.1 Å². The second-order valence-electron chi connectivity index (χ2n) is 6.77. The number of ether oxygens (including phenoxy) is 2. The lowest BCUT2D eigenvalue weighted by atomic mass is 10.1. The van der Waals surface area contributed by atoms with Gasteiger partial charge in [0, 0.05) is 32.5 Å². The van der Waals surface area contributed by atoms with Gasteiger partial charge in [-0.15, -0.1) is 0 Å². The minimum Gasteiger partial charge on any atom is -0.477 e. The fraction of sp³-hybridized carbons (Fsp3) is 0.667. The molecular weight excluding hydrogens is 304 g/mol. The Labute approximate surface area is 145 Å². The Bertz CT molecular complexity index is 524. The van der Waals surface area contributed by atoms with E-state index in [9.17, 15) is 0 Å². The summed E-state index contributed by atoms with van der Waals surface area (Å²) >= 11 is 0. The first kappa shape index (κ1) is 18.5. The summed E-state index contributed by atoms with van der Waals surface area (Å²) in [5.41, 5.74) is 0.815. The van der Waals surface area contributed by atoms with Crippen molar-refractivity contribution in [2.45, 2.75) is 45.8 Å². The van der Waals surface area contributed by atoms with E-state index in [2.05, 4.69) is 20.6 Å². The fourth-order valence-electron chi connectivity index (χ4n) is 1.96. The maximum absolute atomic E-state index is 5.65. The van der Waals surface area contributed by atoms with Crippen molar-refractivity contribution in [3.8, 4) is 5.88 Å². The predicted molar refractivity (Wildman–Crippen MR) is 96.4 cm³/mol. The van der Waals surface area contributed by atoms with Gasteiger partial charge in [-0.3, -0.25) is 0 Å². The molecule has 0 unspecified atom stereocenters. The van der Waals surface area contributed by atoms with E-state index in [1.807, 2.05) is 39.1 Å². The SMILES string of the molecule is CCNC(=NCc1ccc(OCC2CC2)nc1)NCC(C)(C)OC. The van der Waals surface area contributed by atoms with Crippen LogP contribution in [-0.2, 0) is 11.3 Å². The van der Waals surface area contributed by atoms with Crippen LogP contribution in [0.4, 0.5) is 0 Å². The minimum absolute atomic E-state index is 0.238. The number of nitrogens with zero attached hydrogens (tertiary/aromatic N) is 2. The second-order valence-corrected chi connectivity index (χ2v) is 6.77. The van der Waals surface area contributed by atoms with Crippen molar-refractivity contribution in [2.24, 2.45) is 10.9 Å². The number of hydrogen-bond donors (Lipinski definition) is 2. The van der Waals surface area contributed by atoms with Crippen molar-refractivity contribution in [3.63, 3.8) is 0 Å². The third kappa shape index (κ3) is 6.74. The average molecular weight is 334 g/mol. The van der Waals surface area contributed by atoms with Crippen LogP contribution in [0.25, 0.3) is 0 Å². The summed E-state index contributed by atoms with van der Waals surface area (Å²) in [6, 6.07) is 3.93. The van der Waals surface area contributed by atoms with Gasteiger partial charge in [0.25, 0.3) is 0 Å². The van der Waals surface area contributed by atoms with Gasteiger partial charge in [0.1, 0.15) is 0 Å². The van der Waals surface area contributed by atoms with Gasteiger partial charge in [-0.2, -0.15) is 0 Å². The van der Waals surface area contributed by atoms with E-state index in [1.54, 1.807) is 7.11 Å². The van der Waals surface area contributed by atoms with Crippen LogP contribution in [0.1, 0.15) is 39.2 Å². The van der Waals surface area contributed by atoms with E-state index in [0.717, 1.165) is 30.6 Å². The summed E-state index contributed by atoms with van der Waals surface area (Å²) in [7, 11) is 1.71. The molecule has 1 aromatic heterocycles. The number of methoxy groups -OCH3 is 1. The molecular formula is C18H30N4O2. The Morgan fingerprint density at radius 3 is 2.71 bits per heavy atom. The quantitative estimate of drug-likeness (QED) is 0.536. The highest BCUT2D eigenvalue weighted by molar-refractivity contribution is 5.79. The topological polar surface area (TPSA) is 67.8 Å². The van der Waals surface area contributed by atoms with Crippen molar-refractivity contribution >= 4 is 5.96 Å². The molecule has 0 aliphatic heterocycles. The van der Waals surface area contributed by atoms with Crippen molar-refractivity contribution in [1.29, 1.82) is 0 Å². The molecule has 0 atom stereocenters. The maximum Gasteiger partial charge on any atom is 0.213 e. The van der Waals surface area contributed by atoms with Gasteiger partial charge in [0.2, 0.25) is 5.88 Å². The summed E-state index contributed by atoms with van der Waals surface area (Å²) in [6.07, 6.45) is 4.40. The predicted octanol–water partition coefficient (Wildman–Crippen LogP) is 2.35. The molecule has 0 amide bonds. The molecule has 1 aliphatic carbocycles. The molecule has 1 aliphatic rings. The van der Waals surface area contributed by atoms with Gasteiger partial charge >= 0.3 is 0 Å². The van der Waals surface area contributed by atoms with Crippen molar-refractivity contribution < 1.29 is 9.47 Å². The molecule has 0 spiro atoms. The van der Waals surface area contributed by atoms with Gasteiger partial charge in [-0.1, -0.05) is 6.07 Å². The monoisotopic (exact) mass is 334 g/mol. The molecule has 6 heteroatoms. The Balaban J connectivity index is 1.84. The summed E-state index contributed by atoms with van der Waals surface area (Å²) in [5, 5.41) is 6.54. The number of aromatic nitrogens is 1. The molecule has 2 rings (SSSR count). The molecule has 2 N–H and O–H groups in total. The Morgan fingerprint density at radius 1 is 1.33 bits per heavy atom. The maximum atomic E-state index is 5.65. The number of aliphatic imine (C=N–C) groups is 1. The number of hydrogen-bond acceptors (Lipinski definition) is 4. The van der Waals surface area contributed by atoms with Crippen molar-refractivity contribution in [3.05, 3.63) is 23.9 Å². The smallest absolute Gasteiger partial charge is 0.213 e. The zero-order chi connectivity index (χ0) is 17.4. The number of rotatable bonds is 9. The summed E-state index contributed by atoms with van der Waals surface area (Å²) in [4.78, 5) is 8.94. The summed E-state index contributed by atoms with van der Waals surface area (Å²) in [6.45, 7) is 8.97. The molecule has 1 aromatic rings. The third-order valence-corrected chi connectivity index (χ3v) is 3.96. The van der Waals surface area contributed by atoms with Crippen LogP contribution in [-0.4, -0.2) is 43.4 Å². The largest absolute Gasteiger partial charge is 0.477 e. The summed E-state index contributed by atoms with van der Waals surface area (Å²) in [5.74, 6) is 2.21. The van der Waals surface area contributed by atoms with Gasteiger partial charge in [0.05, 0.1) is 18.8 Å². The lowest BCUT2D eigenvalue weighted by Crippen LogP contribution is -2.45. The van der Waals surface area contributed by atoms with Crippen LogP contribution in [0.15, 0.2) is 23.3 Å². The number of guanidine groups is 1. The lowest BCUT2D eigenvalue weighted by Gasteiger charge is -2.24. The average Bonchev–Trinajstić information content (AvgIpc) is 3.41. The first-order valence-electron chi connectivity index (χ1n) is 8.67. The van der Waals surface area contributed by atoms with Gasteiger partial charge < -0.3 is 20.1 Å². The zero-order valence-corrected chi connectivity index (χ0v) is 15.3. The Hall–Kier alpha value is -1.82. The highest BCUT2D eigenvalue weighted by atomic mass is 16.5. The normalized spacial score (nSPS) is 15.2. The summed E-state index contributed by atoms with van der Waals surface area (Å²) < 4.78 is 11.1. The van der Waals surface area contributed by atoms with E-state index in [-0.39, 0.29) is 5.60 Å². The van der Waals surface area contributed by atoms with E-state index >= 15 is 0 Å². The van der Waals surface area contributed by atoms with Crippen molar-refractivity contribution in [1.82, 2.24) is 15.6 Å². The van der Waals surface area contributed by atoms with Crippen LogP contribution in [0.2, 0.25) is 0 Å². The van der Waals surface area contributed by atoms with Crippen LogP contribution in [0, 0.1) is 5.92 Å². The van der Waals surface area contributed by atoms with Crippen LogP contribution in [0.3, 0.4) is 0 Å². The van der Waals surface area contributed by atoms with E-state index in [4.69, 9.17) is 9.47 Å². The van der Waals surface area contributed by atoms with Crippen LogP contribution in [0.5, 0.6) is 5.88 Å². The van der Waals surface area contributed by atoms with Crippen LogP contribution >= 0.6 is 0 Å². The molecule has 1 fully saturated rings. The molecule has 134 valence electrons. The molecule has 6 nitrogen and oxygen atoms in total. The van der Waals surface area contributed by atoms with E-state index in [1.165, 1.54) is 12.8 Å². The van der Waals surface area contributed by atoms with Gasteiger partial charge in [-0.25, -0.2) is 9.98 Å². The Kier molecular flexibility index (Phi) is 6.85. The molecule has 0 radical (unpaired) electrons. The Morgan fingerprint density at radius 2 is 2.12 bits per heavy atom. The zero-order valence-electron chi connectivity index (χ0n) is 15.3. The van der Waals surface area contributed by atoms with Crippen LogP contribution < -0.4 is 15.4 Å². The molecule has 0 saturated heterocycles. The second kappa shape index (κ2) is 8.87. The molecule has 1 saturated carbocycles. The lowest BCUT2D eigenvalue weighted by molar-refractivity contribution is 0.0268. The van der Waals surface area contributed by atoms with Crippen molar-refractivity contribution in [2.75, 3.05) is 26.8 Å². The third-order valence-electron chi connectivity index (χ3n) is 3.96. The first-order chi connectivity index (χ1) is 11.5. The highest BCUT2D eigenvalue weighted by Gasteiger charge is 2.22. The number of nitrogens with one attached hydrogen (secondary N) is 2. The first-order valence-corrected chi connectivity index (χ1v) is 8.67. The fourth-order valence-corrected chi connectivity index (χ4v) is 1.96. The van der Waals surface area contributed by atoms with E-state index in [0.29, 0.717) is 19.0 Å². The molecule has 24 heavy (non-hydrogen) atoms. The van der Waals surface area contributed by atoms with E-state index < -0.39 is 0 Å². The molecule has 0 aromatic carbocycles. The minimum atomic E-state index is -0.238. The number of pyridine rings is 1. The standard InChI is InChI=1S/C18H30N4O2/c1-5-19-17(22-13-18(2,3)23-4)21-11-15-8-9-16(20-10-15)24-12-14-6-7-14/h8-10,14H,5-7,11-13H2,1-4H3,(H2,19,21,22). The molecule has 0 bridgehead atoms. The molecule has 1 heterocycles.